The molecule has 5 aromatic carbocycles. The Balaban J connectivity index is 0.00000153. The number of benzene rings is 5. The van der Waals surface area contributed by atoms with Crippen LogP contribution in [0.15, 0.2) is 104 Å². The van der Waals surface area contributed by atoms with Crippen molar-refractivity contribution in [1.29, 1.82) is 0 Å². The molecular formula is C42H42N2. The van der Waals surface area contributed by atoms with Gasteiger partial charge < -0.3 is 9.80 Å². The third-order valence-electron chi connectivity index (χ3n) is 9.91. The fraction of sp³-hybridized carbons (Fsp3) is 0.238. The van der Waals surface area contributed by atoms with Crippen molar-refractivity contribution in [3.63, 3.8) is 0 Å². The summed E-state index contributed by atoms with van der Waals surface area (Å²) in [5, 5.41) is 10.5. The molecule has 0 bridgehead atoms. The Labute approximate surface area is 262 Å². The number of hydrogen-bond acceptors (Lipinski definition) is 2. The monoisotopic (exact) mass is 574 g/mol. The van der Waals surface area contributed by atoms with Gasteiger partial charge in [0.15, 0.2) is 0 Å². The fourth-order valence-corrected chi connectivity index (χ4v) is 7.71. The lowest BCUT2D eigenvalue weighted by Gasteiger charge is -2.35. The summed E-state index contributed by atoms with van der Waals surface area (Å²) < 4.78 is 0. The van der Waals surface area contributed by atoms with Gasteiger partial charge in [-0.2, -0.15) is 0 Å². The van der Waals surface area contributed by atoms with Crippen LogP contribution in [0.4, 0.5) is 0 Å². The lowest BCUT2D eigenvalue weighted by Crippen LogP contribution is -2.24. The number of rotatable bonds is 5. The van der Waals surface area contributed by atoms with Gasteiger partial charge in [0, 0.05) is 47.5 Å². The van der Waals surface area contributed by atoms with Crippen LogP contribution in [0.2, 0.25) is 0 Å². The molecule has 0 N–H and O–H groups in total. The Bertz CT molecular complexity index is 2060. The summed E-state index contributed by atoms with van der Waals surface area (Å²) in [6.07, 6.45) is 18.3. The molecule has 0 spiro atoms. The van der Waals surface area contributed by atoms with E-state index in [0.717, 1.165) is 49.2 Å². The lowest BCUT2D eigenvalue weighted by atomic mass is 9.82. The largest absolute Gasteiger partial charge is 0.348 e. The number of fused-ring (bicyclic) bond motifs is 2. The quantitative estimate of drug-likeness (QED) is 0.152. The number of allylic oxidation sites excluding steroid dienone is 5. The maximum atomic E-state index is 4.63. The normalized spacial score (nSPS) is 16.2. The van der Waals surface area contributed by atoms with Gasteiger partial charge in [-0.3, -0.25) is 0 Å². The Morgan fingerprint density at radius 1 is 0.795 bits per heavy atom. The minimum atomic E-state index is 0.848. The predicted molar refractivity (Wildman–Crippen MR) is 193 cm³/mol. The van der Waals surface area contributed by atoms with Crippen LogP contribution in [0, 0.1) is 0 Å². The van der Waals surface area contributed by atoms with Gasteiger partial charge in [-0.25, -0.2) is 0 Å². The molecule has 44 heavy (non-hydrogen) atoms. The molecule has 0 fully saturated rings. The standard InChI is InChI=1S/C40H36N2.C2H6/c1-5-27-16-18-33-34-19-17-28-24-42(30-14-10-7-11-15-30)26(3)32-21-23-36(40(34)38(28)32)35-22-20-31(37(27)39(33)35)25(2)41(4)29-12-8-6-9-13-29;1-2/h5,10,12,14-23H,1-3,6-9,11,13,24H2,4H3;1-2H3. The zero-order valence-corrected chi connectivity index (χ0v) is 26.5. The van der Waals surface area contributed by atoms with Crippen molar-refractivity contribution in [2.24, 2.45) is 0 Å². The highest BCUT2D eigenvalue weighted by Gasteiger charge is 2.27. The van der Waals surface area contributed by atoms with Crippen molar-refractivity contribution in [1.82, 2.24) is 9.80 Å². The first-order chi connectivity index (χ1) is 21.6. The van der Waals surface area contributed by atoms with Gasteiger partial charge in [0.25, 0.3) is 0 Å². The van der Waals surface area contributed by atoms with E-state index in [2.05, 4.69) is 109 Å². The topological polar surface area (TPSA) is 6.48 Å². The average molecular weight is 575 g/mol. The Morgan fingerprint density at radius 2 is 1.50 bits per heavy atom. The van der Waals surface area contributed by atoms with E-state index < -0.39 is 0 Å². The maximum Gasteiger partial charge on any atom is 0.0488 e. The molecule has 1 aliphatic heterocycles. The van der Waals surface area contributed by atoms with Crippen molar-refractivity contribution in [3.8, 4) is 0 Å². The van der Waals surface area contributed by atoms with E-state index in [4.69, 9.17) is 0 Å². The lowest BCUT2D eigenvalue weighted by molar-refractivity contribution is 0.490. The SMILES string of the molecule is C=Cc1ccc2c3ccc4c5c(ccc(c6ccc(C(=C)N(C)C7=CCCCC7)c1c26)c53)C(=C)N(C1=CCCC=C1)C4.CC. The summed E-state index contributed by atoms with van der Waals surface area (Å²) >= 11 is 0. The number of nitrogens with zero attached hydrogens (tertiary/aromatic N) is 2. The van der Waals surface area contributed by atoms with Crippen LogP contribution in [0.1, 0.15) is 74.6 Å². The van der Waals surface area contributed by atoms with E-state index >= 15 is 0 Å². The molecule has 0 radical (unpaired) electrons. The Hall–Kier alpha value is -4.56. The van der Waals surface area contributed by atoms with Gasteiger partial charge in [0.05, 0.1) is 0 Å². The van der Waals surface area contributed by atoms with Crippen LogP contribution in [0.5, 0.6) is 0 Å². The summed E-state index contributed by atoms with van der Waals surface area (Å²) in [6, 6.07) is 18.5. The van der Waals surface area contributed by atoms with Crippen molar-refractivity contribution in [2.45, 2.75) is 58.9 Å². The molecule has 2 nitrogen and oxygen atoms in total. The molecule has 2 aliphatic carbocycles. The number of hydrogen-bond donors (Lipinski definition) is 0. The first kappa shape index (κ1) is 28.2. The summed E-state index contributed by atoms with van der Waals surface area (Å²) in [5.41, 5.74) is 9.74. The van der Waals surface area contributed by atoms with Crippen LogP contribution < -0.4 is 0 Å². The van der Waals surface area contributed by atoms with Crippen LogP contribution in [-0.2, 0) is 6.54 Å². The molecule has 0 amide bonds. The summed E-state index contributed by atoms with van der Waals surface area (Å²) in [4.78, 5) is 4.70. The van der Waals surface area contributed by atoms with E-state index in [1.54, 1.807) is 0 Å². The minimum absolute atomic E-state index is 0.848. The Morgan fingerprint density at radius 3 is 2.18 bits per heavy atom. The van der Waals surface area contributed by atoms with Crippen molar-refractivity contribution >= 4 is 60.6 Å². The highest BCUT2D eigenvalue weighted by molar-refractivity contribution is 6.35. The average Bonchev–Trinajstić information content (AvgIpc) is 3.09. The van der Waals surface area contributed by atoms with E-state index in [-0.39, 0.29) is 0 Å². The second-order valence-corrected chi connectivity index (χ2v) is 12.1. The first-order valence-electron chi connectivity index (χ1n) is 16.3. The molecule has 5 aromatic rings. The third-order valence-corrected chi connectivity index (χ3v) is 9.91. The zero-order chi connectivity index (χ0) is 30.5. The van der Waals surface area contributed by atoms with E-state index in [1.807, 2.05) is 19.9 Å². The zero-order valence-electron chi connectivity index (χ0n) is 26.5. The molecule has 2 heteroatoms. The van der Waals surface area contributed by atoms with Gasteiger partial charge in [0.2, 0.25) is 0 Å². The highest BCUT2D eigenvalue weighted by atomic mass is 15.2. The summed E-state index contributed by atoms with van der Waals surface area (Å²) in [5.74, 6) is 0. The second kappa shape index (κ2) is 11.2. The molecule has 0 unspecified atom stereocenters. The molecule has 1 heterocycles. The molecule has 3 aliphatic rings. The van der Waals surface area contributed by atoms with Crippen molar-refractivity contribution < 1.29 is 0 Å². The Kier molecular flexibility index (Phi) is 7.17. The summed E-state index contributed by atoms with van der Waals surface area (Å²) in [6.45, 7) is 18.3. The van der Waals surface area contributed by atoms with Crippen LogP contribution in [-0.4, -0.2) is 16.8 Å². The molecule has 0 saturated heterocycles. The predicted octanol–water partition coefficient (Wildman–Crippen LogP) is 11.8. The second-order valence-electron chi connectivity index (χ2n) is 12.1. The van der Waals surface area contributed by atoms with Gasteiger partial charge in [0.1, 0.15) is 0 Å². The van der Waals surface area contributed by atoms with Crippen LogP contribution in [0.3, 0.4) is 0 Å². The highest BCUT2D eigenvalue weighted by Crippen LogP contribution is 2.48. The van der Waals surface area contributed by atoms with Crippen molar-refractivity contribution in [2.75, 3.05) is 7.05 Å². The molecular weight excluding hydrogens is 532 g/mol. The molecule has 0 aromatic heterocycles. The maximum absolute atomic E-state index is 4.63. The molecule has 220 valence electrons. The first-order valence-corrected chi connectivity index (χ1v) is 16.3. The third kappa shape index (κ3) is 4.15. The van der Waals surface area contributed by atoms with Gasteiger partial charge >= 0.3 is 0 Å². The van der Waals surface area contributed by atoms with Gasteiger partial charge in [-0.15, -0.1) is 0 Å². The fourth-order valence-electron chi connectivity index (χ4n) is 7.71. The van der Waals surface area contributed by atoms with E-state index in [0.29, 0.717) is 0 Å². The van der Waals surface area contributed by atoms with E-state index in [1.165, 1.54) is 84.0 Å². The van der Waals surface area contributed by atoms with Crippen molar-refractivity contribution in [3.05, 3.63) is 126 Å². The molecule has 8 rings (SSSR count). The molecule has 0 saturated carbocycles. The van der Waals surface area contributed by atoms with Gasteiger partial charge in [-0.1, -0.05) is 106 Å². The van der Waals surface area contributed by atoms with Crippen LogP contribution >= 0.6 is 0 Å². The summed E-state index contributed by atoms with van der Waals surface area (Å²) in [7, 11) is 2.18. The van der Waals surface area contributed by atoms with Crippen LogP contribution in [0.25, 0.3) is 60.6 Å². The van der Waals surface area contributed by atoms with Gasteiger partial charge in [-0.05, 0) is 98.8 Å². The smallest absolute Gasteiger partial charge is 0.0488 e. The minimum Gasteiger partial charge on any atom is -0.348 e. The molecule has 0 atom stereocenters. The van der Waals surface area contributed by atoms with E-state index in [9.17, 15) is 0 Å².